The number of aromatic amines is 1. The Labute approximate surface area is 153 Å². The Kier molecular flexibility index (Phi) is 5.97. The third-order valence-corrected chi connectivity index (χ3v) is 4.18. The average molecular weight is 430 g/mol. The van der Waals surface area contributed by atoms with Gasteiger partial charge < -0.3 is 25.6 Å². The van der Waals surface area contributed by atoms with E-state index in [-0.39, 0.29) is 21.4 Å². The maximum atomic E-state index is 12.2. The van der Waals surface area contributed by atoms with Gasteiger partial charge >= 0.3 is 5.82 Å². The Bertz CT molecular complexity index is 838. The number of non-ortho nitro benzene ring substituents is 1. The van der Waals surface area contributed by atoms with Crippen LogP contribution < -0.4 is 5.32 Å². The van der Waals surface area contributed by atoms with Gasteiger partial charge in [0, 0.05) is 12.1 Å². The number of nitro groups is 2. The number of nitrogens with one attached hydrogen (secondary N) is 2. The zero-order valence-corrected chi connectivity index (χ0v) is 14.4. The number of aliphatic hydroxyl groups is 2. The van der Waals surface area contributed by atoms with Gasteiger partial charge in [0.2, 0.25) is 0 Å². The summed E-state index contributed by atoms with van der Waals surface area (Å²) in [5, 5.41) is 49.0. The zero-order chi connectivity index (χ0) is 19.4. The van der Waals surface area contributed by atoms with Crippen molar-refractivity contribution >= 4 is 33.3 Å². The minimum atomic E-state index is -1.38. The van der Waals surface area contributed by atoms with Crippen molar-refractivity contribution in [3.8, 4) is 0 Å². The van der Waals surface area contributed by atoms with Gasteiger partial charge in [-0.3, -0.25) is 14.9 Å². The molecular weight excluding hydrogens is 418 g/mol. The number of aliphatic hydroxyl groups excluding tert-OH is 2. The van der Waals surface area contributed by atoms with E-state index in [1.54, 1.807) is 0 Å². The number of nitrogens with zero attached hydrogens (tertiary/aromatic N) is 3. The molecule has 0 spiro atoms. The molecule has 138 valence electrons. The van der Waals surface area contributed by atoms with Crippen LogP contribution in [-0.2, 0) is 0 Å². The molecule has 4 N–H and O–H groups in total. The summed E-state index contributed by atoms with van der Waals surface area (Å²) in [6, 6.07) is 3.73. The smallest absolute Gasteiger partial charge is 0.357 e. The van der Waals surface area contributed by atoms with Crippen LogP contribution in [0.4, 0.5) is 11.5 Å². The van der Waals surface area contributed by atoms with Crippen molar-refractivity contribution in [2.24, 2.45) is 0 Å². The third-order valence-electron chi connectivity index (χ3n) is 3.43. The van der Waals surface area contributed by atoms with Crippen LogP contribution in [0.1, 0.15) is 22.2 Å². The molecule has 1 aromatic carbocycles. The molecule has 2 unspecified atom stereocenters. The molecule has 0 aliphatic heterocycles. The molecule has 0 saturated heterocycles. The van der Waals surface area contributed by atoms with Gasteiger partial charge in [0.05, 0.1) is 17.6 Å². The van der Waals surface area contributed by atoms with Crippen LogP contribution in [-0.4, -0.2) is 48.8 Å². The van der Waals surface area contributed by atoms with E-state index in [9.17, 15) is 35.2 Å². The molecule has 13 heteroatoms. The minimum absolute atomic E-state index is 0.179. The molecule has 1 amide bonds. The Morgan fingerprint density at radius 1 is 1.27 bits per heavy atom. The fraction of sp³-hybridized carbons (Fsp3) is 0.231. The van der Waals surface area contributed by atoms with Crippen LogP contribution in [0.3, 0.4) is 0 Å². The van der Waals surface area contributed by atoms with E-state index in [0.29, 0.717) is 0 Å². The zero-order valence-electron chi connectivity index (χ0n) is 12.8. The molecule has 0 radical (unpaired) electrons. The maximum Gasteiger partial charge on any atom is 0.357 e. The number of aromatic nitrogens is 2. The number of hydrogen-bond donors (Lipinski definition) is 4. The van der Waals surface area contributed by atoms with Crippen LogP contribution >= 0.6 is 15.9 Å². The van der Waals surface area contributed by atoms with Crippen LogP contribution in [0, 0.1) is 20.2 Å². The molecule has 0 bridgehead atoms. The molecular formula is C13H12BrN5O7. The van der Waals surface area contributed by atoms with Gasteiger partial charge in [-0.05, 0) is 38.5 Å². The fourth-order valence-electron chi connectivity index (χ4n) is 2.08. The molecule has 2 rings (SSSR count). The Morgan fingerprint density at radius 2 is 1.88 bits per heavy atom. The lowest BCUT2D eigenvalue weighted by Gasteiger charge is -2.22. The molecule has 0 aliphatic rings. The van der Waals surface area contributed by atoms with Crippen LogP contribution in [0.5, 0.6) is 0 Å². The summed E-state index contributed by atoms with van der Waals surface area (Å²) in [4.78, 5) is 32.2. The molecule has 12 nitrogen and oxygen atoms in total. The van der Waals surface area contributed by atoms with Gasteiger partial charge in [-0.1, -0.05) is 5.10 Å². The average Bonchev–Trinajstić information content (AvgIpc) is 3.00. The van der Waals surface area contributed by atoms with E-state index >= 15 is 0 Å². The molecule has 0 aliphatic carbocycles. The number of rotatable bonds is 7. The lowest BCUT2D eigenvalue weighted by molar-refractivity contribution is -0.390. The predicted molar refractivity (Wildman–Crippen MR) is 89.3 cm³/mol. The van der Waals surface area contributed by atoms with Crippen molar-refractivity contribution in [1.29, 1.82) is 0 Å². The lowest BCUT2D eigenvalue weighted by Crippen LogP contribution is -2.42. The Morgan fingerprint density at radius 3 is 2.35 bits per heavy atom. The number of H-pyrrole nitrogens is 1. The van der Waals surface area contributed by atoms with E-state index < -0.39 is 40.3 Å². The quantitative estimate of drug-likeness (QED) is 0.367. The van der Waals surface area contributed by atoms with Crippen molar-refractivity contribution in [3.63, 3.8) is 0 Å². The second-order valence-corrected chi connectivity index (χ2v) is 5.84. The van der Waals surface area contributed by atoms with E-state index in [2.05, 4.69) is 31.4 Å². The van der Waals surface area contributed by atoms with Crippen molar-refractivity contribution < 1.29 is 24.9 Å². The molecule has 2 aromatic rings. The van der Waals surface area contributed by atoms with Crippen LogP contribution in [0.2, 0.25) is 0 Å². The summed E-state index contributed by atoms with van der Waals surface area (Å²) in [6.07, 6.45) is -1.38. The van der Waals surface area contributed by atoms with Gasteiger partial charge in [-0.25, -0.2) is 0 Å². The highest BCUT2D eigenvalue weighted by molar-refractivity contribution is 9.10. The third kappa shape index (κ3) is 4.01. The van der Waals surface area contributed by atoms with Gasteiger partial charge in [0.15, 0.2) is 5.69 Å². The first kappa shape index (κ1) is 19.4. The monoisotopic (exact) mass is 429 g/mol. The largest absolute Gasteiger partial charge is 0.394 e. The van der Waals surface area contributed by atoms with E-state index in [4.69, 9.17) is 0 Å². The summed E-state index contributed by atoms with van der Waals surface area (Å²) in [5.74, 6) is -1.40. The number of amides is 1. The molecule has 1 aromatic heterocycles. The number of halogens is 1. The SMILES string of the molecule is O=C(NC(CO)C(O)c1ccc([N+](=O)[O-])cc1)c1n[nH]c([N+](=O)[O-])c1Br. The first-order valence-electron chi connectivity index (χ1n) is 6.98. The van der Waals surface area contributed by atoms with Gasteiger partial charge in [0.25, 0.3) is 11.6 Å². The first-order valence-corrected chi connectivity index (χ1v) is 7.78. The van der Waals surface area contributed by atoms with Crippen molar-refractivity contribution in [2.75, 3.05) is 6.61 Å². The normalized spacial score (nSPS) is 13.0. The molecule has 1 heterocycles. The standard InChI is InChI=1S/C13H12BrN5O7/c14-9-10(16-17-12(9)19(25)26)13(22)15-8(5-20)11(21)6-1-3-7(4-2-6)18(23)24/h1-4,8,11,20-21H,5H2,(H,15,22)(H,16,17). The van der Waals surface area contributed by atoms with Gasteiger partial charge in [-0.15, -0.1) is 5.10 Å². The number of carbonyl (C=O) groups excluding carboxylic acids is 1. The molecule has 0 fully saturated rings. The summed E-state index contributed by atoms with van der Waals surface area (Å²) >= 11 is 2.88. The van der Waals surface area contributed by atoms with Crippen LogP contribution in [0.15, 0.2) is 28.7 Å². The van der Waals surface area contributed by atoms with E-state index in [1.165, 1.54) is 24.3 Å². The highest BCUT2D eigenvalue weighted by Crippen LogP contribution is 2.26. The second-order valence-electron chi connectivity index (χ2n) is 5.05. The number of carbonyl (C=O) groups is 1. The molecule has 0 saturated carbocycles. The summed E-state index contributed by atoms with van der Waals surface area (Å²) < 4.78 is -0.179. The topological polar surface area (TPSA) is 185 Å². The summed E-state index contributed by atoms with van der Waals surface area (Å²) in [7, 11) is 0. The predicted octanol–water partition coefficient (Wildman–Crippen LogP) is 0.813. The van der Waals surface area contributed by atoms with Gasteiger partial charge in [-0.2, -0.15) is 0 Å². The molecule has 26 heavy (non-hydrogen) atoms. The van der Waals surface area contributed by atoms with Crippen molar-refractivity contribution in [1.82, 2.24) is 15.5 Å². The van der Waals surface area contributed by atoms with E-state index in [0.717, 1.165) is 0 Å². The first-order chi connectivity index (χ1) is 12.3. The van der Waals surface area contributed by atoms with Crippen molar-refractivity contribution in [2.45, 2.75) is 12.1 Å². The Hall–Kier alpha value is -2.90. The van der Waals surface area contributed by atoms with Crippen molar-refractivity contribution in [3.05, 3.63) is 60.2 Å². The summed E-state index contributed by atoms with van der Waals surface area (Å²) in [6.45, 7) is -0.659. The fourth-order valence-corrected chi connectivity index (χ4v) is 2.58. The number of hydrogen-bond acceptors (Lipinski definition) is 8. The molecule has 2 atom stereocenters. The van der Waals surface area contributed by atoms with Gasteiger partial charge in [0.1, 0.15) is 10.6 Å². The minimum Gasteiger partial charge on any atom is -0.394 e. The van der Waals surface area contributed by atoms with Crippen LogP contribution in [0.25, 0.3) is 0 Å². The maximum absolute atomic E-state index is 12.2. The van der Waals surface area contributed by atoms with E-state index in [1.807, 2.05) is 0 Å². The lowest BCUT2D eigenvalue weighted by atomic mass is 10.0. The Balaban J connectivity index is 2.16. The highest BCUT2D eigenvalue weighted by Gasteiger charge is 2.29. The summed E-state index contributed by atoms with van der Waals surface area (Å²) in [5.41, 5.74) is -0.286. The second kappa shape index (κ2) is 7.99. The number of nitro benzene ring substituents is 1. The number of benzene rings is 1. The highest BCUT2D eigenvalue weighted by atomic mass is 79.9.